The normalized spacial score (nSPS) is 10.1. The molecule has 0 saturated carbocycles. The minimum atomic E-state index is -1.03. The highest BCUT2D eigenvalue weighted by molar-refractivity contribution is 5.80. The number of aromatic nitrogens is 2. The molecular formula is C25H23F3N2O3. The summed E-state index contributed by atoms with van der Waals surface area (Å²) in [5.74, 6) is -2.27. The SMILES string of the molecule is C.CC.O=Cc1ccc(Oc2ccc3c(c2)c(=O)ncn3Cc2c(F)cc(F)cc2F)cc1. The van der Waals surface area contributed by atoms with Crippen LogP contribution in [0, 0.1) is 17.5 Å². The van der Waals surface area contributed by atoms with Crippen LogP contribution in [0.1, 0.15) is 37.2 Å². The fourth-order valence-electron chi connectivity index (χ4n) is 3.02. The van der Waals surface area contributed by atoms with Crippen molar-refractivity contribution in [3.05, 3.63) is 99.9 Å². The third-order valence-corrected chi connectivity index (χ3v) is 4.51. The summed E-state index contributed by atoms with van der Waals surface area (Å²) < 4.78 is 48.3. The molecule has 0 atom stereocenters. The van der Waals surface area contributed by atoms with Gasteiger partial charge in [-0.3, -0.25) is 9.59 Å². The van der Waals surface area contributed by atoms with Gasteiger partial charge in [0.25, 0.3) is 5.56 Å². The topological polar surface area (TPSA) is 61.2 Å². The Labute approximate surface area is 189 Å². The molecule has 0 fully saturated rings. The van der Waals surface area contributed by atoms with Gasteiger partial charge in [0.15, 0.2) is 0 Å². The van der Waals surface area contributed by atoms with Crippen molar-refractivity contribution in [1.82, 2.24) is 9.55 Å². The highest BCUT2D eigenvalue weighted by Gasteiger charge is 2.14. The fraction of sp³-hybridized carbons (Fsp3) is 0.160. The van der Waals surface area contributed by atoms with Crippen LogP contribution in [0.2, 0.25) is 0 Å². The second-order valence-electron chi connectivity index (χ2n) is 6.49. The van der Waals surface area contributed by atoms with Crippen molar-refractivity contribution in [3.63, 3.8) is 0 Å². The Kier molecular flexibility index (Phi) is 8.50. The number of aldehydes is 1. The van der Waals surface area contributed by atoms with Crippen LogP contribution >= 0.6 is 0 Å². The summed E-state index contributed by atoms with van der Waals surface area (Å²) in [6.45, 7) is 3.72. The van der Waals surface area contributed by atoms with Gasteiger partial charge in [-0.25, -0.2) is 13.2 Å². The lowest BCUT2D eigenvalue weighted by atomic mass is 10.1. The van der Waals surface area contributed by atoms with Gasteiger partial charge in [-0.2, -0.15) is 4.98 Å². The van der Waals surface area contributed by atoms with Gasteiger partial charge >= 0.3 is 0 Å². The summed E-state index contributed by atoms with van der Waals surface area (Å²) >= 11 is 0. The number of nitrogens with zero attached hydrogens (tertiary/aromatic N) is 2. The molecule has 3 aromatic carbocycles. The number of hydrogen-bond acceptors (Lipinski definition) is 4. The zero-order valence-corrected chi connectivity index (χ0v) is 17.3. The van der Waals surface area contributed by atoms with Crippen molar-refractivity contribution in [1.29, 1.82) is 0 Å². The minimum Gasteiger partial charge on any atom is -0.457 e. The Morgan fingerprint density at radius 2 is 1.55 bits per heavy atom. The van der Waals surface area contributed by atoms with E-state index in [1.165, 1.54) is 17.0 Å². The van der Waals surface area contributed by atoms with Gasteiger partial charge in [0.05, 0.1) is 23.8 Å². The monoisotopic (exact) mass is 456 g/mol. The van der Waals surface area contributed by atoms with Gasteiger partial charge in [-0.05, 0) is 42.5 Å². The summed E-state index contributed by atoms with van der Waals surface area (Å²) in [5.41, 5.74) is -0.0169. The zero-order valence-electron chi connectivity index (χ0n) is 17.3. The van der Waals surface area contributed by atoms with Gasteiger partial charge in [-0.1, -0.05) is 21.3 Å². The number of halogens is 3. The van der Waals surface area contributed by atoms with E-state index in [1.807, 2.05) is 13.8 Å². The molecule has 5 nitrogen and oxygen atoms in total. The standard InChI is InChI=1S/C22H13F3N2O3.C2H6.CH4/c23-14-7-19(24)18(20(25)8-14)10-27-12-26-22(29)17-9-16(5-6-21(17)27)30-15-3-1-13(11-28)2-4-15;1-2;/h1-9,11-12H,10H2;1-2H3;1H4. The second-order valence-corrected chi connectivity index (χ2v) is 6.49. The molecule has 0 spiro atoms. The first-order valence-electron chi connectivity index (χ1n) is 9.80. The molecule has 4 rings (SSSR count). The smallest absolute Gasteiger partial charge is 0.280 e. The molecule has 0 unspecified atom stereocenters. The van der Waals surface area contributed by atoms with E-state index in [-0.39, 0.29) is 24.9 Å². The molecule has 0 aliphatic rings. The lowest BCUT2D eigenvalue weighted by Gasteiger charge is -2.13. The van der Waals surface area contributed by atoms with E-state index >= 15 is 0 Å². The Morgan fingerprint density at radius 3 is 2.15 bits per heavy atom. The summed E-state index contributed by atoms with van der Waals surface area (Å²) in [6, 6.07) is 12.2. The van der Waals surface area contributed by atoms with Crippen LogP contribution in [0.15, 0.2) is 65.7 Å². The predicted molar refractivity (Wildman–Crippen MR) is 121 cm³/mol. The van der Waals surface area contributed by atoms with Crippen molar-refractivity contribution in [2.75, 3.05) is 0 Å². The van der Waals surface area contributed by atoms with Crippen molar-refractivity contribution in [3.8, 4) is 11.5 Å². The second kappa shape index (κ2) is 11.1. The molecular weight excluding hydrogens is 433 g/mol. The van der Waals surface area contributed by atoms with Crippen molar-refractivity contribution < 1.29 is 22.7 Å². The third-order valence-electron chi connectivity index (χ3n) is 4.51. The van der Waals surface area contributed by atoms with Gasteiger partial charge < -0.3 is 9.30 Å². The highest BCUT2D eigenvalue weighted by atomic mass is 19.1. The highest BCUT2D eigenvalue weighted by Crippen LogP contribution is 2.25. The van der Waals surface area contributed by atoms with Crippen LogP contribution in [0.5, 0.6) is 11.5 Å². The maximum absolute atomic E-state index is 14.0. The molecule has 0 bridgehead atoms. The lowest BCUT2D eigenvalue weighted by molar-refractivity contribution is 0.112. The summed E-state index contributed by atoms with van der Waals surface area (Å²) in [4.78, 5) is 26.7. The van der Waals surface area contributed by atoms with Crippen LogP contribution in [0.3, 0.4) is 0 Å². The van der Waals surface area contributed by atoms with Crippen LogP contribution in [0.25, 0.3) is 10.9 Å². The number of ether oxygens (including phenoxy) is 1. The van der Waals surface area contributed by atoms with Gasteiger partial charge in [-0.15, -0.1) is 0 Å². The van der Waals surface area contributed by atoms with E-state index in [0.717, 1.165) is 0 Å². The Hall–Kier alpha value is -3.94. The molecule has 0 amide bonds. The van der Waals surface area contributed by atoms with E-state index in [4.69, 9.17) is 4.74 Å². The molecule has 8 heteroatoms. The predicted octanol–water partition coefficient (Wildman–Crippen LogP) is 6.13. The summed E-state index contributed by atoms with van der Waals surface area (Å²) in [5, 5.41) is 0.183. The van der Waals surface area contributed by atoms with Crippen LogP contribution < -0.4 is 10.3 Å². The van der Waals surface area contributed by atoms with E-state index in [2.05, 4.69) is 4.98 Å². The van der Waals surface area contributed by atoms with Gasteiger partial charge in [0, 0.05) is 23.3 Å². The summed E-state index contributed by atoms with van der Waals surface area (Å²) in [6.07, 6.45) is 1.88. The number of hydrogen-bond donors (Lipinski definition) is 0. The molecule has 0 N–H and O–H groups in total. The van der Waals surface area contributed by atoms with Crippen molar-refractivity contribution in [2.45, 2.75) is 27.8 Å². The van der Waals surface area contributed by atoms with E-state index in [9.17, 15) is 22.8 Å². The molecule has 0 saturated heterocycles. The molecule has 0 aliphatic carbocycles. The van der Waals surface area contributed by atoms with Crippen molar-refractivity contribution in [2.24, 2.45) is 0 Å². The molecule has 1 aromatic heterocycles. The van der Waals surface area contributed by atoms with E-state index in [1.54, 1.807) is 36.4 Å². The largest absolute Gasteiger partial charge is 0.457 e. The first-order chi connectivity index (χ1) is 15.4. The lowest BCUT2D eigenvalue weighted by Crippen LogP contribution is -2.14. The third kappa shape index (κ3) is 5.65. The summed E-state index contributed by atoms with van der Waals surface area (Å²) in [7, 11) is 0. The molecule has 0 aliphatic heterocycles. The number of rotatable bonds is 5. The first-order valence-corrected chi connectivity index (χ1v) is 9.80. The quantitative estimate of drug-likeness (QED) is 0.339. The maximum Gasteiger partial charge on any atom is 0.280 e. The first kappa shape index (κ1) is 25.3. The Balaban J connectivity index is 0.00000125. The van der Waals surface area contributed by atoms with Crippen LogP contribution in [-0.4, -0.2) is 15.8 Å². The fourth-order valence-corrected chi connectivity index (χ4v) is 3.02. The van der Waals surface area contributed by atoms with Crippen molar-refractivity contribution >= 4 is 17.2 Å². The molecule has 172 valence electrons. The van der Waals surface area contributed by atoms with Crippen LogP contribution in [-0.2, 0) is 6.54 Å². The molecule has 4 aromatic rings. The maximum atomic E-state index is 14.0. The Bertz CT molecular complexity index is 1300. The van der Waals surface area contributed by atoms with Gasteiger partial charge in [0.2, 0.25) is 0 Å². The van der Waals surface area contributed by atoms with Gasteiger partial charge in [0.1, 0.15) is 35.2 Å². The Morgan fingerprint density at radius 1 is 0.939 bits per heavy atom. The number of benzene rings is 3. The number of carbonyl (C=O) groups excluding carboxylic acids is 1. The molecule has 33 heavy (non-hydrogen) atoms. The van der Waals surface area contributed by atoms with Crippen LogP contribution in [0.4, 0.5) is 13.2 Å². The molecule has 0 radical (unpaired) electrons. The van der Waals surface area contributed by atoms with E-state index < -0.39 is 23.0 Å². The number of fused-ring (bicyclic) bond motifs is 1. The molecule has 1 heterocycles. The number of carbonyl (C=O) groups is 1. The average molecular weight is 456 g/mol. The minimum absolute atomic E-state index is 0. The van der Waals surface area contributed by atoms with E-state index in [0.29, 0.717) is 41.0 Å². The average Bonchev–Trinajstić information content (AvgIpc) is 2.79. The zero-order chi connectivity index (χ0) is 23.3.